The molecule has 3 aromatic rings. The highest BCUT2D eigenvalue weighted by atomic mass is 16.3. The number of nitrogens with zero attached hydrogens (tertiary/aromatic N) is 2. The molecular formula is C20H19N3O4. The fourth-order valence-electron chi connectivity index (χ4n) is 3.45. The normalized spacial score (nSPS) is 19.6. The number of benzene rings is 2. The van der Waals surface area contributed by atoms with E-state index in [9.17, 15) is 19.8 Å². The molecule has 0 radical (unpaired) electrons. The number of hydrogen-bond donors (Lipinski definition) is 3. The maximum absolute atomic E-state index is 12.6. The van der Waals surface area contributed by atoms with E-state index >= 15 is 0 Å². The predicted molar refractivity (Wildman–Crippen MR) is 100 cm³/mol. The third kappa shape index (κ3) is 3.11. The highest BCUT2D eigenvalue weighted by Crippen LogP contribution is 2.26. The molecule has 3 N–H and O–H groups in total. The molecule has 1 aromatic heterocycles. The second-order valence-corrected chi connectivity index (χ2v) is 6.88. The molecule has 0 aliphatic carbocycles. The molecule has 0 unspecified atom stereocenters. The SMILES string of the molecule is O=C(c1ccc(-c2n[nH]c(=O)c3ccccc23)cc1)N1CC[C@](O)(CO)C1. The first-order valence-electron chi connectivity index (χ1n) is 8.71. The van der Waals surface area contributed by atoms with E-state index < -0.39 is 5.60 Å². The minimum atomic E-state index is -1.21. The number of amides is 1. The minimum Gasteiger partial charge on any atom is -0.393 e. The number of nitrogens with one attached hydrogen (secondary N) is 1. The number of rotatable bonds is 3. The summed E-state index contributed by atoms with van der Waals surface area (Å²) in [7, 11) is 0. The molecule has 0 spiro atoms. The summed E-state index contributed by atoms with van der Waals surface area (Å²) in [4.78, 5) is 26.1. The van der Waals surface area contributed by atoms with E-state index in [1.54, 1.807) is 41.3 Å². The Hall–Kier alpha value is -3.03. The van der Waals surface area contributed by atoms with Gasteiger partial charge in [0.25, 0.3) is 11.5 Å². The van der Waals surface area contributed by atoms with Crippen molar-refractivity contribution in [2.24, 2.45) is 0 Å². The van der Waals surface area contributed by atoms with Crippen molar-refractivity contribution in [3.63, 3.8) is 0 Å². The summed E-state index contributed by atoms with van der Waals surface area (Å²) < 4.78 is 0. The summed E-state index contributed by atoms with van der Waals surface area (Å²) in [5.41, 5.74) is 0.461. The molecule has 27 heavy (non-hydrogen) atoms. The van der Waals surface area contributed by atoms with Gasteiger partial charge < -0.3 is 15.1 Å². The van der Waals surface area contributed by atoms with Gasteiger partial charge in [0.15, 0.2) is 0 Å². The van der Waals surface area contributed by atoms with Gasteiger partial charge in [-0.25, -0.2) is 5.10 Å². The number of aliphatic hydroxyl groups is 2. The van der Waals surface area contributed by atoms with E-state index in [1.807, 2.05) is 12.1 Å². The largest absolute Gasteiger partial charge is 0.393 e. The van der Waals surface area contributed by atoms with Crippen LogP contribution in [0.4, 0.5) is 0 Å². The number of aromatic nitrogens is 2. The highest BCUT2D eigenvalue weighted by molar-refractivity contribution is 5.97. The third-order valence-electron chi connectivity index (χ3n) is 5.02. The van der Waals surface area contributed by atoms with Crippen LogP contribution < -0.4 is 5.56 Å². The van der Waals surface area contributed by atoms with Crippen LogP contribution in [-0.4, -0.2) is 56.5 Å². The van der Waals surface area contributed by atoms with E-state index in [0.29, 0.717) is 29.6 Å². The number of carbonyl (C=O) groups excluding carboxylic acids is 1. The average Bonchev–Trinajstić information content (AvgIpc) is 3.11. The van der Waals surface area contributed by atoms with E-state index in [-0.39, 0.29) is 24.6 Å². The van der Waals surface area contributed by atoms with Crippen molar-refractivity contribution in [1.29, 1.82) is 0 Å². The molecule has 1 aliphatic heterocycles. The van der Waals surface area contributed by atoms with Crippen molar-refractivity contribution < 1.29 is 15.0 Å². The molecule has 138 valence electrons. The van der Waals surface area contributed by atoms with Crippen LogP contribution in [0.5, 0.6) is 0 Å². The molecule has 2 heterocycles. The molecule has 1 fully saturated rings. The molecule has 1 atom stereocenters. The molecule has 4 rings (SSSR count). The van der Waals surface area contributed by atoms with Crippen LogP contribution >= 0.6 is 0 Å². The molecular weight excluding hydrogens is 346 g/mol. The van der Waals surface area contributed by atoms with Gasteiger partial charge in [-0.2, -0.15) is 5.10 Å². The lowest BCUT2D eigenvalue weighted by Crippen LogP contribution is -2.38. The lowest BCUT2D eigenvalue weighted by Gasteiger charge is -2.21. The van der Waals surface area contributed by atoms with Gasteiger partial charge in [0.1, 0.15) is 5.60 Å². The molecule has 1 amide bonds. The van der Waals surface area contributed by atoms with Crippen LogP contribution in [0.25, 0.3) is 22.0 Å². The first kappa shape index (κ1) is 17.4. The number of β-amino-alcohol motifs (C(OH)–C–C–N with tert-alkyl or cyclic N) is 1. The summed E-state index contributed by atoms with van der Waals surface area (Å²) in [6.07, 6.45) is 0.362. The number of aromatic amines is 1. The van der Waals surface area contributed by atoms with Gasteiger partial charge in [-0.3, -0.25) is 9.59 Å². The molecule has 7 nitrogen and oxygen atoms in total. The zero-order valence-electron chi connectivity index (χ0n) is 14.6. The predicted octanol–water partition coefficient (Wildman–Crippen LogP) is 1.16. The fourth-order valence-corrected chi connectivity index (χ4v) is 3.45. The Morgan fingerprint density at radius 3 is 2.52 bits per heavy atom. The fraction of sp³-hybridized carbons (Fsp3) is 0.250. The zero-order valence-corrected chi connectivity index (χ0v) is 14.6. The smallest absolute Gasteiger partial charge is 0.272 e. The monoisotopic (exact) mass is 365 g/mol. The van der Waals surface area contributed by atoms with Crippen LogP contribution in [0.2, 0.25) is 0 Å². The van der Waals surface area contributed by atoms with Crippen molar-refractivity contribution >= 4 is 16.7 Å². The quantitative estimate of drug-likeness (QED) is 0.646. The summed E-state index contributed by atoms with van der Waals surface area (Å²) in [6.45, 7) is 0.167. The van der Waals surface area contributed by atoms with Crippen LogP contribution in [-0.2, 0) is 0 Å². The Kier molecular flexibility index (Phi) is 4.25. The number of likely N-dealkylation sites (tertiary alicyclic amines) is 1. The maximum atomic E-state index is 12.6. The van der Waals surface area contributed by atoms with E-state index in [2.05, 4.69) is 10.2 Å². The Labute approximate surface area is 154 Å². The number of aliphatic hydroxyl groups excluding tert-OH is 1. The summed E-state index contributed by atoms with van der Waals surface area (Å²) in [5.74, 6) is -0.190. The Morgan fingerprint density at radius 2 is 1.85 bits per heavy atom. The van der Waals surface area contributed by atoms with Gasteiger partial charge in [-0.15, -0.1) is 0 Å². The summed E-state index contributed by atoms with van der Waals surface area (Å²) in [5, 5.41) is 27.3. The van der Waals surface area contributed by atoms with Crippen LogP contribution in [0.15, 0.2) is 53.3 Å². The number of H-pyrrole nitrogens is 1. The first-order valence-corrected chi connectivity index (χ1v) is 8.71. The minimum absolute atomic E-state index is 0.121. The zero-order chi connectivity index (χ0) is 19.0. The second kappa shape index (κ2) is 6.61. The Balaban J connectivity index is 1.63. The number of hydrogen-bond acceptors (Lipinski definition) is 5. The van der Waals surface area contributed by atoms with E-state index in [0.717, 1.165) is 10.9 Å². The van der Waals surface area contributed by atoms with Gasteiger partial charge >= 0.3 is 0 Å². The molecule has 0 bridgehead atoms. The lowest BCUT2D eigenvalue weighted by molar-refractivity contribution is -0.00455. The van der Waals surface area contributed by atoms with Gasteiger partial charge in [-0.1, -0.05) is 30.3 Å². The van der Waals surface area contributed by atoms with Gasteiger partial charge in [0.2, 0.25) is 0 Å². The van der Waals surface area contributed by atoms with Crippen molar-refractivity contribution in [3.8, 4) is 11.3 Å². The molecule has 1 aliphatic rings. The van der Waals surface area contributed by atoms with Crippen LogP contribution in [0, 0.1) is 0 Å². The number of carbonyl (C=O) groups is 1. The van der Waals surface area contributed by atoms with E-state index in [4.69, 9.17) is 0 Å². The van der Waals surface area contributed by atoms with Gasteiger partial charge in [0.05, 0.1) is 24.2 Å². The Bertz CT molecular complexity index is 1060. The molecule has 7 heteroatoms. The van der Waals surface area contributed by atoms with Crippen LogP contribution in [0.3, 0.4) is 0 Å². The number of fused-ring (bicyclic) bond motifs is 1. The van der Waals surface area contributed by atoms with Crippen molar-refractivity contribution in [1.82, 2.24) is 15.1 Å². The molecule has 2 aromatic carbocycles. The van der Waals surface area contributed by atoms with Crippen molar-refractivity contribution in [2.45, 2.75) is 12.0 Å². The van der Waals surface area contributed by atoms with Crippen molar-refractivity contribution in [2.75, 3.05) is 19.7 Å². The Morgan fingerprint density at radius 1 is 1.15 bits per heavy atom. The average molecular weight is 365 g/mol. The maximum Gasteiger partial charge on any atom is 0.272 e. The third-order valence-corrected chi connectivity index (χ3v) is 5.02. The van der Waals surface area contributed by atoms with E-state index in [1.165, 1.54) is 0 Å². The summed E-state index contributed by atoms with van der Waals surface area (Å²) >= 11 is 0. The standard InChI is InChI=1S/C20H19N3O4/c24-12-20(27)9-10-23(11-20)19(26)14-7-5-13(6-8-14)17-15-3-1-2-4-16(15)18(25)22-21-17/h1-8,24,27H,9-12H2,(H,22,25)/t20-/m1/s1. The summed E-state index contributed by atoms with van der Waals surface area (Å²) in [6, 6.07) is 14.2. The highest BCUT2D eigenvalue weighted by Gasteiger charge is 2.37. The molecule has 0 saturated carbocycles. The first-order chi connectivity index (χ1) is 13.0. The topological polar surface area (TPSA) is 107 Å². The van der Waals surface area contributed by atoms with Gasteiger partial charge in [0, 0.05) is 23.1 Å². The lowest BCUT2D eigenvalue weighted by atomic mass is 10.0. The van der Waals surface area contributed by atoms with Crippen molar-refractivity contribution in [3.05, 3.63) is 64.4 Å². The van der Waals surface area contributed by atoms with Gasteiger partial charge in [-0.05, 0) is 24.6 Å². The molecule has 1 saturated heterocycles. The van der Waals surface area contributed by atoms with Crippen LogP contribution in [0.1, 0.15) is 16.8 Å². The second-order valence-electron chi connectivity index (χ2n) is 6.88.